The van der Waals surface area contributed by atoms with Crippen LogP contribution in [0.25, 0.3) is 0 Å². The Labute approximate surface area is 151 Å². The Hall–Kier alpha value is -1.99. The lowest BCUT2D eigenvalue weighted by Gasteiger charge is -2.22. The highest BCUT2D eigenvalue weighted by Gasteiger charge is 2.17. The summed E-state index contributed by atoms with van der Waals surface area (Å²) in [5.41, 5.74) is 0.297. The molecule has 0 aliphatic carbocycles. The number of nitrogens with zero attached hydrogens (tertiary/aromatic N) is 2. The smallest absolute Gasteiger partial charge is 0.271 e. The lowest BCUT2D eigenvalue weighted by molar-refractivity contribution is 0.0947. The fraction of sp³-hybridized carbons (Fsp3) is 0.412. The van der Waals surface area contributed by atoms with Crippen molar-refractivity contribution in [1.82, 2.24) is 20.4 Å². The molecule has 1 unspecified atom stereocenters. The van der Waals surface area contributed by atoms with E-state index in [9.17, 15) is 13.6 Å². The van der Waals surface area contributed by atoms with Gasteiger partial charge in [-0.3, -0.25) is 9.48 Å². The van der Waals surface area contributed by atoms with E-state index < -0.39 is 11.6 Å². The quantitative estimate of drug-likeness (QED) is 0.850. The molecule has 1 atom stereocenters. The van der Waals surface area contributed by atoms with E-state index in [1.165, 1.54) is 18.2 Å². The minimum Gasteiger partial charge on any atom is -0.350 e. The highest BCUT2D eigenvalue weighted by atomic mass is 35.5. The third-order valence-electron chi connectivity index (χ3n) is 4.21. The van der Waals surface area contributed by atoms with Crippen LogP contribution in [0.2, 0.25) is 0 Å². The van der Waals surface area contributed by atoms with Crippen molar-refractivity contribution in [1.29, 1.82) is 0 Å². The summed E-state index contributed by atoms with van der Waals surface area (Å²) in [5, 5.41) is 10.3. The van der Waals surface area contributed by atoms with Gasteiger partial charge in [-0.15, -0.1) is 12.4 Å². The Bertz CT molecular complexity index is 696. The summed E-state index contributed by atoms with van der Waals surface area (Å²) in [4.78, 5) is 12.1. The van der Waals surface area contributed by atoms with Crippen molar-refractivity contribution in [2.45, 2.75) is 25.3 Å². The maximum Gasteiger partial charge on any atom is 0.271 e. The molecule has 1 aliphatic heterocycles. The molecule has 1 saturated heterocycles. The van der Waals surface area contributed by atoms with Crippen molar-refractivity contribution in [3.8, 4) is 0 Å². The van der Waals surface area contributed by atoms with E-state index >= 15 is 0 Å². The van der Waals surface area contributed by atoms with Crippen LogP contribution in [0.15, 0.2) is 30.5 Å². The lowest BCUT2D eigenvalue weighted by atomic mass is 10.1. The first kappa shape index (κ1) is 19.3. The molecule has 2 heterocycles. The summed E-state index contributed by atoms with van der Waals surface area (Å²) in [5.74, 6) is -1.54. The molecule has 1 aromatic carbocycles. The Balaban J connectivity index is 0.00000225. The molecule has 0 spiro atoms. The average molecular weight is 371 g/mol. The minimum absolute atomic E-state index is 0. The maximum absolute atomic E-state index is 13.5. The fourth-order valence-corrected chi connectivity index (χ4v) is 2.88. The van der Waals surface area contributed by atoms with Crippen molar-refractivity contribution in [3.05, 3.63) is 53.4 Å². The van der Waals surface area contributed by atoms with Crippen molar-refractivity contribution in [3.63, 3.8) is 0 Å². The van der Waals surface area contributed by atoms with Gasteiger partial charge in [-0.25, -0.2) is 8.78 Å². The van der Waals surface area contributed by atoms with E-state index in [-0.39, 0.29) is 42.9 Å². The van der Waals surface area contributed by atoms with Crippen LogP contribution in [0, 0.1) is 11.6 Å². The van der Waals surface area contributed by atoms with Crippen LogP contribution in [0.5, 0.6) is 0 Å². The number of hydrogen-bond donors (Lipinski definition) is 2. The van der Waals surface area contributed by atoms with Gasteiger partial charge in [0.05, 0.1) is 6.04 Å². The molecule has 3 rings (SSSR count). The van der Waals surface area contributed by atoms with Crippen LogP contribution in [-0.4, -0.2) is 35.3 Å². The Morgan fingerprint density at radius 2 is 2.08 bits per heavy atom. The largest absolute Gasteiger partial charge is 0.350 e. The molecule has 136 valence electrons. The third-order valence-corrected chi connectivity index (χ3v) is 4.21. The number of hydrogen-bond acceptors (Lipinski definition) is 3. The van der Waals surface area contributed by atoms with Gasteiger partial charge in [0.15, 0.2) is 0 Å². The van der Waals surface area contributed by atoms with Gasteiger partial charge in [-0.1, -0.05) is 6.07 Å². The first-order chi connectivity index (χ1) is 11.6. The first-order valence-electron chi connectivity index (χ1n) is 8.12. The number of amides is 1. The van der Waals surface area contributed by atoms with Gasteiger partial charge < -0.3 is 10.6 Å². The Morgan fingerprint density at radius 3 is 2.76 bits per heavy atom. The molecule has 1 amide bonds. The second kappa shape index (κ2) is 8.92. The Morgan fingerprint density at radius 1 is 1.32 bits per heavy atom. The minimum atomic E-state index is -0.599. The highest BCUT2D eigenvalue weighted by Crippen LogP contribution is 2.16. The molecular weight excluding hydrogens is 350 g/mol. The number of piperidine rings is 1. The number of aromatic nitrogens is 2. The van der Waals surface area contributed by atoms with Gasteiger partial charge in [0.25, 0.3) is 5.91 Å². The normalized spacial score (nSPS) is 17.0. The topological polar surface area (TPSA) is 59.0 Å². The third kappa shape index (κ3) is 4.76. The molecular formula is C17H21ClF2N4O. The molecule has 0 bridgehead atoms. The van der Waals surface area contributed by atoms with Gasteiger partial charge in [0.1, 0.15) is 17.3 Å². The van der Waals surface area contributed by atoms with Crippen LogP contribution in [-0.2, 0) is 6.42 Å². The summed E-state index contributed by atoms with van der Waals surface area (Å²) in [6.45, 7) is 2.00. The average Bonchev–Trinajstić information content (AvgIpc) is 3.08. The predicted molar refractivity (Wildman–Crippen MR) is 93.0 cm³/mol. The summed E-state index contributed by atoms with van der Waals surface area (Å²) >= 11 is 0. The van der Waals surface area contributed by atoms with E-state index in [1.807, 2.05) is 0 Å². The molecule has 25 heavy (non-hydrogen) atoms. The second-order valence-corrected chi connectivity index (χ2v) is 5.89. The van der Waals surface area contributed by atoms with Crippen molar-refractivity contribution < 1.29 is 13.6 Å². The zero-order valence-corrected chi connectivity index (χ0v) is 14.5. The van der Waals surface area contributed by atoms with Gasteiger partial charge in [0.2, 0.25) is 0 Å². The van der Waals surface area contributed by atoms with Crippen LogP contribution in [0.4, 0.5) is 8.78 Å². The summed E-state index contributed by atoms with van der Waals surface area (Å²) in [7, 11) is 0. The maximum atomic E-state index is 13.5. The zero-order chi connectivity index (χ0) is 16.9. The van der Waals surface area contributed by atoms with Gasteiger partial charge in [-0.2, -0.15) is 5.10 Å². The van der Waals surface area contributed by atoms with Crippen LogP contribution < -0.4 is 10.6 Å². The molecule has 0 saturated carbocycles. The lowest BCUT2D eigenvalue weighted by Crippen LogP contribution is -2.32. The number of carbonyl (C=O) groups is 1. The first-order valence-corrected chi connectivity index (χ1v) is 8.12. The van der Waals surface area contributed by atoms with Crippen LogP contribution in [0.1, 0.15) is 34.9 Å². The number of benzene rings is 1. The van der Waals surface area contributed by atoms with E-state index in [4.69, 9.17) is 0 Å². The summed E-state index contributed by atoms with van der Waals surface area (Å²) in [6, 6.07) is 5.65. The molecule has 8 heteroatoms. The standard InChI is InChI=1S/C17H20F2N4O.ClH/c18-14-4-1-5-15(19)13(14)6-9-21-17(24)16-7-10-23(22-16)12-3-2-8-20-11-12;/h1,4-5,7,10,12,20H,2-3,6,8-9,11H2,(H,21,24);1H. The highest BCUT2D eigenvalue weighted by molar-refractivity contribution is 5.92. The fourth-order valence-electron chi connectivity index (χ4n) is 2.88. The monoisotopic (exact) mass is 370 g/mol. The molecule has 0 radical (unpaired) electrons. The summed E-state index contributed by atoms with van der Waals surface area (Å²) in [6.07, 6.45) is 4.00. The van der Waals surface area contributed by atoms with Crippen molar-refractivity contribution >= 4 is 18.3 Å². The predicted octanol–water partition coefficient (Wildman–Crippen LogP) is 2.48. The molecule has 5 nitrogen and oxygen atoms in total. The SMILES string of the molecule is Cl.O=C(NCCc1c(F)cccc1F)c1ccn(C2CCCNC2)n1. The number of rotatable bonds is 5. The molecule has 1 aliphatic rings. The zero-order valence-electron chi connectivity index (χ0n) is 13.7. The molecule has 2 N–H and O–H groups in total. The summed E-state index contributed by atoms with van der Waals surface area (Å²) < 4.78 is 28.9. The molecule has 2 aromatic rings. The number of nitrogens with one attached hydrogen (secondary N) is 2. The van der Waals surface area contributed by atoms with E-state index in [2.05, 4.69) is 15.7 Å². The van der Waals surface area contributed by atoms with E-state index in [0.717, 1.165) is 25.9 Å². The van der Waals surface area contributed by atoms with Crippen LogP contribution in [0.3, 0.4) is 0 Å². The van der Waals surface area contributed by atoms with E-state index in [0.29, 0.717) is 5.69 Å². The second-order valence-electron chi connectivity index (χ2n) is 5.89. The van der Waals surface area contributed by atoms with Gasteiger partial charge in [-0.05, 0) is 44.0 Å². The number of halogens is 3. The molecule has 1 aromatic heterocycles. The van der Waals surface area contributed by atoms with Crippen molar-refractivity contribution in [2.75, 3.05) is 19.6 Å². The van der Waals surface area contributed by atoms with Crippen LogP contribution >= 0.6 is 12.4 Å². The number of carbonyl (C=O) groups excluding carboxylic acids is 1. The van der Waals surface area contributed by atoms with Crippen molar-refractivity contribution in [2.24, 2.45) is 0 Å². The Kier molecular flexibility index (Phi) is 6.90. The van der Waals surface area contributed by atoms with Gasteiger partial charge >= 0.3 is 0 Å². The molecule has 1 fully saturated rings. The van der Waals surface area contributed by atoms with Gasteiger partial charge in [0, 0.05) is 24.8 Å². The van der Waals surface area contributed by atoms with E-state index in [1.54, 1.807) is 16.9 Å².